The van der Waals surface area contributed by atoms with Crippen LogP contribution in [-0.2, 0) is 0 Å². The van der Waals surface area contributed by atoms with E-state index in [1.54, 1.807) is 25.1 Å². The van der Waals surface area contributed by atoms with Gasteiger partial charge in [0.15, 0.2) is 0 Å². The maximum absolute atomic E-state index is 10.8. The number of rotatable bonds is 4. The summed E-state index contributed by atoms with van der Waals surface area (Å²) >= 11 is 0. The number of phenols is 1. The van der Waals surface area contributed by atoms with Crippen LogP contribution >= 0.6 is 0 Å². The lowest BCUT2D eigenvalue weighted by Gasteiger charge is -2.17. The first-order chi connectivity index (χ1) is 9.88. The van der Waals surface area contributed by atoms with Crippen molar-refractivity contribution in [3.63, 3.8) is 0 Å². The Hall–Kier alpha value is -2.56. The van der Waals surface area contributed by atoms with Crippen molar-refractivity contribution in [2.75, 3.05) is 5.32 Å². The molecular weight excluding hydrogens is 268 g/mol. The van der Waals surface area contributed by atoms with E-state index < -0.39 is 4.92 Å². The van der Waals surface area contributed by atoms with Gasteiger partial charge in [0.25, 0.3) is 5.69 Å². The summed E-state index contributed by atoms with van der Waals surface area (Å²) in [4.78, 5) is 10.4. The Labute approximate surface area is 123 Å². The van der Waals surface area contributed by atoms with E-state index in [0.29, 0.717) is 5.56 Å². The van der Waals surface area contributed by atoms with E-state index in [9.17, 15) is 15.2 Å². The van der Waals surface area contributed by atoms with Crippen LogP contribution in [0, 0.1) is 24.0 Å². The van der Waals surface area contributed by atoms with Crippen molar-refractivity contribution in [2.24, 2.45) is 0 Å². The molecule has 0 aliphatic carbocycles. The second kappa shape index (κ2) is 5.83. The van der Waals surface area contributed by atoms with Gasteiger partial charge in [0.2, 0.25) is 0 Å². The van der Waals surface area contributed by atoms with E-state index in [4.69, 9.17) is 0 Å². The first-order valence-electron chi connectivity index (χ1n) is 6.69. The fraction of sp³-hybridized carbons (Fsp3) is 0.250. The standard InChI is InChI=1S/C16H18N2O3/c1-10-4-6-14(16(19)8-10)12(3)17-13-5-7-15(18(20)21)11(2)9-13/h4-9,12,17,19H,1-3H3. The molecule has 21 heavy (non-hydrogen) atoms. The Balaban J connectivity index is 2.21. The second-order valence-electron chi connectivity index (χ2n) is 5.19. The predicted molar refractivity (Wildman–Crippen MR) is 82.7 cm³/mol. The number of aryl methyl sites for hydroxylation is 2. The van der Waals surface area contributed by atoms with Crippen LogP contribution < -0.4 is 5.32 Å². The zero-order chi connectivity index (χ0) is 15.6. The molecule has 0 spiro atoms. The van der Waals surface area contributed by atoms with Crippen LogP contribution in [0.1, 0.15) is 29.7 Å². The van der Waals surface area contributed by atoms with E-state index in [-0.39, 0.29) is 17.5 Å². The molecule has 2 aromatic carbocycles. The van der Waals surface area contributed by atoms with Crippen molar-refractivity contribution in [3.8, 4) is 5.75 Å². The highest BCUT2D eigenvalue weighted by Crippen LogP contribution is 2.29. The Morgan fingerprint density at radius 2 is 1.90 bits per heavy atom. The summed E-state index contributed by atoms with van der Waals surface area (Å²) in [7, 11) is 0. The molecule has 0 radical (unpaired) electrons. The van der Waals surface area contributed by atoms with Gasteiger partial charge in [-0.15, -0.1) is 0 Å². The molecule has 0 heterocycles. The summed E-state index contributed by atoms with van der Waals surface area (Å²) in [6.07, 6.45) is 0. The average molecular weight is 286 g/mol. The molecule has 2 N–H and O–H groups in total. The Morgan fingerprint density at radius 1 is 1.19 bits per heavy atom. The third-order valence-electron chi connectivity index (χ3n) is 3.43. The second-order valence-corrected chi connectivity index (χ2v) is 5.19. The molecule has 0 saturated carbocycles. The lowest BCUT2D eigenvalue weighted by atomic mass is 10.0. The van der Waals surface area contributed by atoms with Crippen molar-refractivity contribution in [2.45, 2.75) is 26.8 Å². The SMILES string of the molecule is Cc1ccc(C(C)Nc2ccc([N+](=O)[O-])c(C)c2)c(O)c1. The molecule has 0 aromatic heterocycles. The van der Waals surface area contributed by atoms with Crippen LogP contribution in [0.15, 0.2) is 36.4 Å². The summed E-state index contributed by atoms with van der Waals surface area (Å²) in [6, 6.07) is 10.3. The number of benzene rings is 2. The molecule has 1 unspecified atom stereocenters. The normalized spacial score (nSPS) is 12.0. The molecule has 0 fully saturated rings. The molecule has 110 valence electrons. The Bertz CT molecular complexity index is 683. The van der Waals surface area contributed by atoms with Crippen LogP contribution in [-0.4, -0.2) is 10.0 Å². The monoisotopic (exact) mass is 286 g/mol. The highest BCUT2D eigenvalue weighted by molar-refractivity contribution is 5.55. The van der Waals surface area contributed by atoms with E-state index in [0.717, 1.165) is 16.8 Å². The molecule has 0 bridgehead atoms. The van der Waals surface area contributed by atoms with E-state index in [2.05, 4.69) is 5.32 Å². The molecule has 5 heteroatoms. The third kappa shape index (κ3) is 3.31. The minimum Gasteiger partial charge on any atom is -0.508 e. The third-order valence-corrected chi connectivity index (χ3v) is 3.43. The van der Waals surface area contributed by atoms with Crippen molar-refractivity contribution in [1.82, 2.24) is 0 Å². The van der Waals surface area contributed by atoms with Gasteiger partial charge in [-0.3, -0.25) is 10.1 Å². The Kier molecular flexibility index (Phi) is 4.12. The predicted octanol–water partition coefficient (Wildman–Crippen LogP) is 4.09. The number of hydrogen-bond acceptors (Lipinski definition) is 4. The minimum atomic E-state index is -0.395. The summed E-state index contributed by atoms with van der Waals surface area (Å²) in [6.45, 7) is 5.56. The maximum atomic E-state index is 10.8. The van der Waals surface area contributed by atoms with Crippen LogP contribution in [0.2, 0.25) is 0 Å². The number of nitrogens with zero attached hydrogens (tertiary/aromatic N) is 1. The molecule has 5 nitrogen and oxygen atoms in total. The molecule has 0 amide bonds. The number of nitro benzene ring substituents is 1. The minimum absolute atomic E-state index is 0.103. The summed E-state index contributed by atoms with van der Waals surface area (Å²) < 4.78 is 0. The number of hydrogen-bond donors (Lipinski definition) is 2. The van der Waals surface area contributed by atoms with Crippen molar-refractivity contribution in [3.05, 3.63) is 63.2 Å². The van der Waals surface area contributed by atoms with Gasteiger partial charge in [-0.05, 0) is 44.5 Å². The van der Waals surface area contributed by atoms with Crippen molar-refractivity contribution in [1.29, 1.82) is 0 Å². The van der Waals surface area contributed by atoms with Gasteiger partial charge in [0.1, 0.15) is 5.75 Å². The fourth-order valence-electron chi connectivity index (χ4n) is 2.30. The molecule has 0 aliphatic heterocycles. The van der Waals surface area contributed by atoms with Gasteiger partial charge in [0, 0.05) is 22.9 Å². The first-order valence-corrected chi connectivity index (χ1v) is 6.69. The number of nitrogens with one attached hydrogen (secondary N) is 1. The Morgan fingerprint density at radius 3 is 2.48 bits per heavy atom. The van der Waals surface area contributed by atoms with Crippen molar-refractivity contribution >= 4 is 11.4 Å². The smallest absolute Gasteiger partial charge is 0.272 e. The van der Waals surface area contributed by atoms with Crippen LogP contribution in [0.25, 0.3) is 0 Å². The lowest BCUT2D eigenvalue weighted by molar-refractivity contribution is -0.385. The highest BCUT2D eigenvalue weighted by atomic mass is 16.6. The summed E-state index contributed by atoms with van der Waals surface area (Å²) in [5, 5.41) is 24.0. The number of nitro groups is 1. The van der Waals surface area contributed by atoms with E-state index in [1.807, 2.05) is 26.0 Å². The lowest BCUT2D eigenvalue weighted by Crippen LogP contribution is -2.07. The van der Waals surface area contributed by atoms with Crippen LogP contribution in [0.3, 0.4) is 0 Å². The highest BCUT2D eigenvalue weighted by Gasteiger charge is 2.13. The summed E-state index contributed by atoms with van der Waals surface area (Å²) in [5.41, 5.74) is 3.27. The molecular formula is C16H18N2O3. The molecule has 2 aromatic rings. The molecule has 0 saturated heterocycles. The van der Waals surface area contributed by atoms with Crippen LogP contribution in [0.5, 0.6) is 5.75 Å². The number of aromatic hydroxyl groups is 1. The molecule has 2 rings (SSSR count). The van der Waals surface area contributed by atoms with E-state index >= 15 is 0 Å². The first kappa shape index (κ1) is 14.8. The quantitative estimate of drug-likeness (QED) is 0.655. The molecule has 0 aliphatic rings. The van der Waals surface area contributed by atoms with Gasteiger partial charge in [-0.25, -0.2) is 0 Å². The van der Waals surface area contributed by atoms with Gasteiger partial charge < -0.3 is 10.4 Å². The topological polar surface area (TPSA) is 75.4 Å². The van der Waals surface area contributed by atoms with Gasteiger partial charge in [0.05, 0.1) is 11.0 Å². The van der Waals surface area contributed by atoms with Gasteiger partial charge >= 0.3 is 0 Å². The van der Waals surface area contributed by atoms with Gasteiger partial charge in [-0.2, -0.15) is 0 Å². The molecule has 1 atom stereocenters. The number of anilines is 1. The zero-order valence-corrected chi connectivity index (χ0v) is 12.3. The van der Waals surface area contributed by atoms with E-state index in [1.165, 1.54) is 6.07 Å². The zero-order valence-electron chi connectivity index (χ0n) is 12.3. The fourth-order valence-corrected chi connectivity index (χ4v) is 2.30. The summed E-state index contributed by atoms with van der Waals surface area (Å²) in [5.74, 6) is 0.244. The largest absolute Gasteiger partial charge is 0.508 e. The average Bonchev–Trinajstić information content (AvgIpc) is 2.37. The van der Waals surface area contributed by atoms with Crippen LogP contribution in [0.4, 0.5) is 11.4 Å². The van der Waals surface area contributed by atoms with Crippen molar-refractivity contribution < 1.29 is 10.0 Å². The maximum Gasteiger partial charge on any atom is 0.272 e. The number of phenolic OH excluding ortho intramolecular Hbond substituents is 1. The van der Waals surface area contributed by atoms with Gasteiger partial charge in [-0.1, -0.05) is 12.1 Å².